The number of aromatic nitrogens is 1. The van der Waals surface area contributed by atoms with Crippen molar-refractivity contribution in [3.63, 3.8) is 0 Å². The van der Waals surface area contributed by atoms with E-state index >= 15 is 0 Å². The maximum atomic E-state index is 12.3. The molecular formula is C6H3BrClF2NO3S. The summed E-state index contributed by atoms with van der Waals surface area (Å²) in [7, 11) is 0.666. The second-order valence-electron chi connectivity index (χ2n) is 2.46. The van der Waals surface area contributed by atoms with Gasteiger partial charge in [-0.25, -0.2) is 17.2 Å². The molecule has 0 bridgehead atoms. The van der Waals surface area contributed by atoms with Crippen LogP contribution in [0.2, 0.25) is 0 Å². The van der Waals surface area contributed by atoms with Gasteiger partial charge in [0.1, 0.15) is 5.69 Å². The molecular weight excluding hydrogens is 319 g/mol. The van der Waals surface area contributed by atoms with Gasteiger partial charge in [0, 0.05) is 16.7 Å². The molecule has 1 heterocycles. The molecule has 0 spiro atoms. The van der Waals surface area contributed by atoms with Gasteiger partial charge in [-0.2, -0.15) is 0 Å². The van der Waals surface area contributed by atoms with Crippen LogP contribution in [-0.4, -0.2) is 13.4 Å². The monoisotopic (exact) mass is 321 g/mol. The summed E-state index contributed by atoms with van der Waals surface area (Å²) in [4.78, 5) is 13.0. The number of H-pyrrole nitrogens is 1. The third-order valence-electron chi connectivity index (χ3n) is 1.45. The Morgan fingerprint density at radius 1 is 1.47 bits per heavy atom. The van der Waals surface area contributed by atoms with Gasteiger partial charge in [0.25, 0.3) is 15.5 Å². The van der Waals surface area contributed by atoms with Gasteiger partial charge in [0.2, 0.25) is 0 Å². The first-order valence-corrected chi connectivity index (χ1v) is 6.49. The Morgan fingerprint density at radius 3 is 2.40 bits per heavy atom. The summed E-state index contributed by atoms with van der Waals surface area (Å²) < 4.78 is 45.9. The van der Waals surface area contributed by atoms with Crippen molar-refractivity contribution in [1.29, 1.82) is 0 Å². The molecule has 0 aliphatic heterocycles. The number of halogens is 4. The normalized spacial score (nSPS) is 12.1. The first-order valence-electron chi connectivity index (χ1n) is 3.39. The second kappa shape index (κ2) is 4.18. The molecule has 0 radical (unpaired) electrons. The first kappa shape index (κ1) is 12.6. The van der Waals surface area contributed by atoms with E-state index in [9.17, 15) is 22.0 Å². The Bertz CT molecular complexity index is 542. The average molecular weight is 323 g/mol. The summed E-state index contributed by atoms with van der Waals surface area (Å²) >= 11 is 2.62. The maximum Gasteiger partial charge on any atom is 0.279 e. The van der Waals surface area contributed by atoms with Crippen molar-refractivity contribution in [3.8, 4) is 0 Å². The molecule has 9 heteroatoms. The number of rotatable bonds is 2. The fraction of sp³-hybridized carbons (Fsp3) is 0.167. The van der Waals surface area contributed by atoms with E-state index < -0.39 is 36.1 Å². The molecule has 0 saturated carbocycles. The molecule has 4 nitrogen and oxygen atoms in total. The van der Waals surface area contributed by atoms with Crippen LogP contribution < -0.4 is 5.43 Å². The van der Waals surface area contributed by atoms with Crippen molar-refractivity contribution in [2.24, 2.45) is 0 Å². The summed E-state index contributed by atoms with van der Waals surface area (Å²) in [5, 5.41) is -0.757. The molecule has 15 heavy (non-hydrogen) atoms. The van der Waals surface area contributed by atoms with Crippen molar-refractivity contribution in [2.75, 3.05) is 0 Å². The van der Waals surface area contributed by atoms with Crippen LogP contribution in [0, 0.1) is 0 Å². The maximum absolute atomic E-state index is 12.3. The third kappa shape index (κ3) is 2.76. The van der Waals surface area contributed by atoms with Crippen molar-refractivity contribution in [3.05, 3.63) is 26.5 Å². The van der Waals surface area contributed by atoms with Gasteiger partial charge in [-0.15, -0.1) is 0 Å². The van der Waals surface area contributed by atoms with Gasteiger partial charge in [0.15, 0.2) is 10.5 Å². The zero-order valence-electron chi connectivity index (χ0n) is 6.80. The number of hydrogen-bond acceptors (Lipinski definition) is 3. The standard InChI is InChI=1S/C6H3BrClF2NO3S/c7-4-2(12)1-3(15(8,13)14)11-5(4)6(9)10/h1,6H,(H,11,12). The Balaban J connectivity index is 3.58. The minimum atomic E-state index is -4.24. The molecule has 0 aliphatic rings. The van der Waals surface area contributed by atoms with Crippen LogP contribution in [0.5, 0.6) is 0 Å². The molecule has 0 fully saturated rings. The predicted octanol–water partition coefficient (Wildman–Crippen LogP) is 2.00. The van der Waals surface area contributed by atoms with E-state index in [-0.39, 0.29) is 0 Å². The smallest absolute Gasteiger partial charge is 0.279 e. The van der Waals surface area contributed by atoms with Crippen LogP contribution in [0.25, 0.3) is 0 Å². The molecule has 0 aliphatic carbocycles. The summed E-state index contributed by atoms with van der Waals surface area (Å²) in [6, 6.07) is 0.623. The highest BCUT2D eigenvalue weighted by Gasteiger charge is 2.20. The van der Waals surface area contributed by atoms with Crippen molar-refractivity contribution < 1.29 is 17.2 Å². The van der Waals surface area contributed by atoms with E-state index in [0.29, 0.717) is 6.07 Å². The molecule has 0 aromatic carbocycles. The van der Waals surface area contributed by atoms with E-state index in [1.807, 2.05) is 4.98 Å². The number of alkyl halides is 2. The average Bonchev–Trinajstić information content (AvgIpc) is 2.06. The molecule has 1 aromatic rings. The fourth-order valence-corrected chi connectivity index (χ4v) is 1.94. The highest BCUT2D eigenvalue weighted by Crippen LogP contribution is 2.24. The van der Waals surface area contributed by atoms with E-state index in [1.54, 1.807) is 0 Å². The minimum Gasteiger partial charge on any atom is -0.343 e. The van der Waals surface area contributed by atoms with E-state index in [2.05, 4.69) is 15.9 Å². The third-order valence-corrected chi connectivity index (χ3v) is 3.52. The summed E-state index contributed by atoms with van der Waals surface area (Å²) in [6.45, 7) is 0. The lowest BCUT2D eigenvalue weighted by molar-refractivity contribution is 0.144. The van der Waals surface area contributed by atoms with Crippen LogP contribution in [-0.2, 0) is 9.05 Å². The molecule has 0 unspecified atom stereocenters. The highest BCUT2D eigenvalue weighted by molar-refractivity contribution is 9.10. The fourth-order valence-electron chi connectivity index (χ4n) is 0.821. The number of nitrogens with one attached hydrogen (secondary N) is 1. The molecule has 0 saturated heterocycles. The Morgan fingerprint density at radius 2 is 2.00 bits per heavy atom. The van der Waals surface area contributed by atoms with Crippen molar-refractivity contribution >= 4 is 35.7 Å². The lowest BCUT2D eigenvalue weighted by Crippen LogP contribution is -2.11. The second-order valence-corrected chi connectivity index (χ2v) is 5.79. The molecule has 1 N–H and O–H groups in total. The van der Waals surface area contributed by atoms with E-state index in [4.69, 9.17) is 10.7 Å². The Labute approximate surface area is 95.8 Å². The summed E-state index contributed by atoms with van der Waals surface area (Å²) in [5.74, 6) is 0. The van der Waals surface area contributed by atoms with Gasteiger partial charge in [-0.1, -0.05) is 0 Å². The molecule has 0 amide bonds. The number of pyridine rings is 1. The van der Waals surface area contributed by atoms with Gasteiger partial charge in [0.05, 0.1) is 4.47 Å². The quantitative estimate of drug-likeness (QED) is 0.847. The van der Waals surface area contributed by atoms with Crippen molar-refractivity contribution in [2.45, 2.75) is 11.5 Å². The predicted molar refractivity (Wildman–Crippen MR) is 52.8 cm³/mol. The Hall–Kier alpha value is -0.470. The van der Waals surface area contributed by atoms with Crippen LogP contribution >= 0.6 is 26.6 Å². The minimum absolute atomic E-state index is 0.415. The molecule has 1 aromatic heterocycles. The first-order chi connectivity index (χ1) is 6.73. The topological polar surface area (TPSA) is 67.0 Å². The van der Waals surface area contributed by atoms with E-state index in [0.717, 1.165) is 0 Å². The molecule has 84 valence electrons. The van der Waals surface area contributed by atoms with Crippen LogP contribution in [0.4, 0.5) is 8.78 Å². The van der Waals surface area contributed by atoms with Gasteiger partial charge in [-0.3, -0.25) is 4.79 Å². The summed E-state index contributed by atoms with van der Waals surface area (Å²) in [6.07, 6.45) is -3.01. The Kier molecular flexibility index (Phi) is 3.51. The zero-order chi connectivity index (χ0) is 11.8. The van der Waals surface area contributed by atoms with Crippen LogP contribution in [0.15, 0.2) is 20.4 Å². The van der Waals surface area contributed by atoms with Gasteiger partial charge < -0.3 is 4.98 Å². The summed E-state index contributed by atoms with van der Waals surface area (Å²) in [5.41, 5.74) is -1.70. The number of hydrogen-bond donors (Lipinski definition) is 1. The molecule has 1 rings (SSSR count). The van der Waals surface area contributed by atoms with Crippen molar-refractivity contribution in [1.82, 2.24) is 4.98 Å². The molecule has 0 atom stereocenters. The SMILES string of the molecule is O=c1cc(S(=O)(=O)Cl)[nH]c(C(F)F)c1Br. The van der Waals surface area contributed by atoms with Crippen LogP contribution in [0.3, 0.4) is 0 Å². The highest BCUT2D eigenvalue weighted by atomic mass is 79.9. The zero-order valence-corrected chi connectivity index (χ0v) is 9.96. The largest absolute Gasteiger partial charge is 0.343 e. The lowest BCUT2D eigenvalue weighted by Gasteiger charge is -2.04. The van der Waals surface area contributed by atoms with Gasteiger partial charge in [-0.05, 0) is 15.9 Å². The van der Waals surface area contributed by atoms with E-state index in [1.165, 1.54) is 0 Å². The lowest BCUT2D eigenvalue weighted by atomic mass is 10.3. The van der Waals surface area contributed by atoms with Gasteiger partial charge >= 0.3 is 0 Å². The van der Waals surface area contributed by atoms with Crippen LogP contribution in [0.1, 0.15) is 12.1 Å². The number of aromatic amines is 1.